The van der Waals surface area contributed by atoms with Crippen molar-refractivity contribution < 1.29 is 0 Å². The molecule has 0 bridgehead atoms. The van der Waals surface area contributed by atoms with Crippen LogP contribution in [-0.4, -0.2) is 0 Å². The fraction of sp³-hybridized carbons (Fsp3) is 1.00. The minimum atomic E-state index is 1.07. The first-order valence-corrected chi connectivity index (χ1v) is 6.93. The van der Waals surface area contributed by atoms with E-state index in [0.29, 0.717) is 0 Å². The van der Waals surface area contributed by atoms with Crippen LogP contribution in [0.15, 0.2) is 0 Å². The Morgan fingerprint density at radius 2 is 1.14 bits per heavy atom. The molecule has 0 aliphatic heterocycles. The molecule has 0 atom stereocenters. The van der Waals surface area contributed by atoms with Crippen molar-refractivity contribution in [3.05, 3.63) is 0 Å². The van der Waals surface area contributed by atoms with Crippen molar-refractivity contribution in [3.8, 4) is 0 Å². The maximum atomic E-state index is 2.34. The first kappa shape index (κ1) is 12.1. The van der Waals surface area contributed by atoms with E-state index in [-0.39, 0.29) is 0 Å². The summed E-state index contributed by atoms with van der Waals surface area (Å²) in [5, 5.41) is 0. The lowest BCUT2D eigenvalue weighted by Crippen LogP contribution is -2.00. The molecule has 0 radical (unpaired) electrons. The molecule has 0 aromatic carbocycles. The van der Waals surface area contributed by atoms with Crippen molar-refractivity contribution in [3.63, 3.8) is 0 Å². The second-order valence-corrected chi connectivity index (χ2v) is 5.06. The molecule has 0 aromatic rings. The predicted molar refractivity (Wildman–Crippen MR) is 64.6 cm³/mol. The molecule has 1 aliphatic rings. The van der Waals surface area contributed by atoms with Crippen LogP contribution in [0, 0.1) is 5.92 Å². The SMILES string of the molecule is CCCC1CCCCCCCCCC1. The van der Waals surface area contributed by atoms with E-state index >= 15 is 0 Å². The first-order valence-electron chi connectivity index (χ1n) is 6.93. The van der Waals surface area contributed by atoms with Gasteiger partial charge in [-0.25, -0.2) is 0 Å². The summed E-state index contributed by atoms with van der Waals surface area (Å²) in [6.45, 7) is 2.34. The lowest BCUT2D eigenvalue weighted by Gasteiger charge is -2.15. The second kappa shape index (κ2) is 8.32. The quantitative estimate of drug-likeness (QED) is 0.561. The van der Waals surface area contributed by atoms with E-state index in [4.69, 9.17) is 0 Å². The van der Waals surface area contributed by atoms with Gasteiger partial charge in [0, 0.05) is 0 Å². The zero-order valence-electron chi connectivity index (χ0n) is 10.1. The molecule has 1 rings (SSSR count). The van der Waals surface area contributed by atoms with Gasteiger partial charge in [0.2, 0.25) is 0 Å². The van der Waals surface area contributed by atoms with Crippen LogP contribution in [0.25, 0.3) is 0 Å². The van der Waals surface area contributed by atoms with Gasteiger partial charge in [-0.05, 0) is 5.92 Å². The van der Waals surface area contributed by atoms with Crippen LogP contribution in [0.1, 0.15) is 84.0 Å². The molecule has 0 nitrogen and oxygen atoms in total. The van der Waals surface area contributed by atoms with E-state index in [0.717, 1.165) is 5.92 Å². The summed E-state index contributed by atoms with van der Waals surface area (Å²) in [5.41, 5.74) is 0. The Balaban J connectivity index is 2.20. The van der Waals surface area contributed by atoms with Crippen LogP contribution in [0.2, 0.25) is 0 Å². The smallest absolute Gasteiger partial charge is 0.0414 e. The lowest BCUT2D eigenvalue weighted by molar-refractivity contribution is 0.386. The zero-order valence-corrected chi connectivity index (χ0v) is 10.1. The number of hydrogen-bond acceptors (Lipinski definition) is 0. The summed E-state index contributed by atoms with van der Waals surface area (Å²) in [6, 6.07) is 0. The molecule has 0 N–H and O–H groups in total. The van der Waals surface area contributed by atoms with Gasteiger partial charge in [-0.1, -0.05) is 84.0 Å². The highest BCUT2D eigenvalue weighted by Crippen LogP contribution is 2.24. The van der Waals surface area contributed by atoms with Gasteiger partial charge in [-0.15, -0.1) is 0 Å². The highest BCUT2D eigenvalue weighted by atomic mass is 14.1. The van der Waals surface area contributed by atoms with Gasteiger partial charge < -0.3 is 0 Å². The molecular formula is C14H28. The first-order chi connectivity index (χ1) is 6.93. The van der Waals surface area contributed by atoms with E-state index in [1.54, 1.807) is 0 Å². The van der Waals surface area contributed by atoms with E-state index in [2.05, 4.69) is 6.92 Å². The summed E-state index contributed by atoms with van der Waals surface area (Å²) in [4.78, 5) is 0. The minimum absolute atomic E-state index is 1.07. The lowest BCUT2D eigenvalue weighted by atomic mass is 9.91. The van der Waals surface area contributed by atoms with E-state index < -0.39 is 0 Å². The van der Waals surface area contributed by atoms with Crippen LogP contribution in [0.5, 0.6) is 0 Å². The van der Waals surface area contributed by atoms with Crippen molar-refractivity contribution in [2.75, 3.05) is 0 Å². The predicted octanol–water partition coefficient (Wildman–Crippen LogP) is 5.32. The maximum absolute atomic E-state index is 2.34. The molecule has 0 saturated heterocycles. The van der Waals surface area contributed by atoms with Crippen LogP contribution < -0.4 is 0 Å². The average molecular weight is 196 g/mol. The molecule has 0 unspecified atom stereocenters. The van der Waals surface area contributed by atoms with Gasteiger partial charge in [0.25, 0.3) is 0 Å². The van der Waals surface area contributed by atoms with Gasteiger partial charge in [0.05, 0.1) is 0 Å². The Bertz CT molecular complexity index is 105. The fourth-order valence-corrected chi connectivity index (χ4v) is 2.77. The summed E-state index contributed by atoms with van der Waals surface area (Å²) < 4.78 is 0. The Kier molecular flexibility index (Phi) is 7.17. The van der Waals surface area contributed by atoms with E-state index in [1.807, 2.05) is 0 Å². The van der Waals surface area contributed by atoms with Gasteiger partial charge in [-0.2, -0.15) is 0 Å². The molecule has 0 heterocycles. The molecule has 1 aliphatic carbocycles. The summed E-state index contributed by atoms with van der Waals surface area (Å²) in [5.74, 6) is 1.07. The maximum Gasteiger partial charge on any atom is -0.0414 e. The van der Waals surface area contributed by atoms with Crippen molar-refractivity contribution in [1.29, 1.82) is 0 Å². The van der Waals surface area contributed by atoms with E-state index in [9.17, 15) is 0 Å². The molecule has 1 saturated carbocycles. The van der Waals surface area contributed by atoms with Gasteiger partial charge in [0.15, 0.2) is 0 Å². The number of rotatable bonds is 2. The van der Waals surface area contributed by atoms with Crippen LogP contribution in [0.4, 0.5) is 0 Å². The van der Waals surface area contributed by atoms with Crippen molar-refractivity contribution in [2.24, 2.45) is 5.92 Å². The van der Waals surface area contributed by atoms with Crippen molar-refractivity contribution in [1.82, 2.24) is 0 Å². The Hall–Kier alpha value is 0. The number of hydrogen-bond donors (Lipinski definition) is 0. The second-order valence-electron chi connectivity index (χ2n) is 5.06. The standard InChI is InChI=1S/C14H28/c1-2-11-14-12-9-7-5-3-4-6-8-10-13-14/h14H,2-13H2,1H3. The zero-order chi connectivity index (χ0) is 10.1. The van der Waals surface area contributed by atoms with Gasteiger partial charge >= 0.3 is 0 Å². The third kappa shape index (κ3) is 5.67. The summed E-state index contributed by atoms with van der Waals surface area (Å²) in [6.07, 6.45) is 17.9. The molecule has 1 fully saturated rings. The molecule has 0 aromatic heterocycles. The highest BCUT2D eigenvalue weighted by Gasteiger charge is 2.08. The summed E-state index contributed by atoms with van der Waals surface area (Å²) >= 11 is 0. The fourth-order valence-electron chi connectivity index (χ4n) is 2.77. The van der Waals surface area contributed by atoms with Gasteiger partial charge in [0.1, 0.15) is 0 Å². The average Bonchev–Trinajstić information content (AvgIpc) is 2.24. The largest absolute Gasteiger partial charge is 0.0654 e. The monoisotopic (exact) mass is 196 g/mol. The third-order valence-corrected chi connectivity index (χ3v) is 3.67. The molecule has 0 heteroatoms. The van der Waals surface area contributed by atoms with Crippen molar-refractivity contribution >= 4 is 0 Å². The minimum Gasteiger partial charge on any atom is -0.0654 e. The van der Waals surface area contributed by atoms with Crippen LogP contribution in [0.3, 0.4) is 0 Å². The van der Waals surface area contributed by atoms with Crippen molar-refractivity contribution in [2.45, 2.75) is 84.0 Å². The Morgan fingerprint density at radius 1 is 0.714 bits per heavy atom. The normalized spacial score (nSPS) is 22.9. The van der Waals surface area contributed by atoms with Crippen LogP contribution >= 0.6 is 0 Å². The van der Waals surface area contributed by atoms with E-state index in [1.165, 1.54) is 77.0 Å². The topological polar surface area (TPSA) is 0 Å². The molecule has 14 heavy (non-hydrogen) atoms. The molecule has 84 valence electrons. The van der Waals surface area contributed by atoms with Crippen LogP contribution in [-0.2, 0) is 0 Å². The highest BCUT2D eigenvalue weighted by molar-refractivity contribution is 4.61. The Labute approximate surface area is 90.5 Å². The third-order valence-electron chi connectivity index (χ3n) is 3.67. The Morgan fingerprint density at radius 3 is 1.57 bits per heavy atom. The summed E-state index contributed by atoms with van der Waals surface area (Å²) in [7, 11) is 0. The van der Waals surface area contributed by atoms with Gasteiger partial charge in [-0.3, -0.25) is 0 Å². The molecule has 0 amide bonds. The molecular weight excluding hydrogens is 168 g/mol. The molecule has 0 spiro atoms.